The van der Waals surface area contributed by atoms with E-state index in [0.717, 1.165) is 33.6 Å². The van der Waals surface area contributed by atoms with Crippen molar-refractivity contribution in [3.63, 3.8) is 0 Å². The Morgan fingerprint density at radius 3 is 2.12 bits per heavy atom. The molecule has 9 heteroatoms. The van der Waals surface area contributed by atoms with Gasteiger partial charge in [0.15, 0.2) is 0 Å². The summed E-state index contributed by atoms with van der Waals surface area (Å²) in [7, 11) is 0.574. The number of likely N-dealkylation sites (N-methyl/N-ethyl adjacent to an activating group) is 1. The quantitative estimate of drug-likeness (QED) is 0.406. The van der Waals surface area contributed by atoms with Crippen LogP contribution in [0.5, 0.6) is 11.5 Å². The molecule has 3 aromatic carbocycles. The lowest BCUT2D eigenvalue weighted by Gasteiger charge is -2.22. The zero-order chi connectivity index (χ0) is 28.9. The maximum absolute atomic E-state index is 12.0. The maximum Gasteiger partial charge on any atom is 0.636 e. The van der Waals surface area contributed by atoms with Crippen molar-refractivity contribution in [2.45, 2.75) is 46.3 Å². The molecule has 1 fully saturated rings. The Hall–Kier alpha value is -3.82. The summed E-state index contributed by atoms with van der Waals surface area (Å²) < 4.78 is 22.5. The van der Waals surface area contributed by atoms with Crippen LogP contribution in [0.25, 0.3) is 11.1 Å². The van der Waals surface area contributed by atoms with E-state index in [0.29, 0.717) is 30.8 Å². The van der Waals surface area contributed by atoms with Crippen LogP contribution in [-0.2, 0) is 25.5 Å². The SMILES string of the molecule is Cc1cc(OCCC(C)(C)O)cc(C)c1-c1cccc(COc2ccc(B3OC(=O)CN(C)CC(=O)O3)cc2)c1. The molecule has 3 aromatic rings. The second kappa shape index (κ2) is 12.6. The van der Waals surface area contributed by atoms with Crippen molar-refractivity contribution in [3.8, 4) is 22.6 Å². The summed E-state index contributed by atoms with van der Waals surface area (Å²) >= 11 is 0. The van der Waals surface area contributed by atoms with Crippen LogP contribution in [0.15, 0.2) is 60.7 Å². The fraction of sp³-hybridized carbons (Fsp3) is 0.355. The molecule has 1 saturated heterocycles. The van der Waals surface area contributed by atoms with Crippen molar-refractivity contribution in [2.75, 3.05) is 26.7 Å². The minimum Gasteiger partial charge on any atom is -0.494 e. The Morgan fingerprint density at radius 2 is 1.52 bits per heavy atom. The monoisotopic (exact) mass is 545 g/mol. The molecular weight excluding hydrogens is 509 g/mol. The second-order valence-corrected chi connectivity index (χ2v) is 10.9. The Labute approximate surface area is 236 Å². The number of benzene rings is 3. The van der Waals surface area contributed by atoms with Crippen molar-refractivity contribution in [2.24, 2.45) is 0 Å². The van der Waals surface area contributed by atoms with Crippen molar-refractivity contribution in [3.05, 3.63) is 77.4 Å². The van der Waals surface area contributed by atoms with Crippen molar-refractivity contribution in [1.29, 1.82) is 0 Å². The molecule has 1 N–H and O–H groups in total. The lowest BCUT2D eigenvalue weighted by molar-refractivity contribution is -0.145. The number of nitrogens with zero attached hydrogens (tertiary/aromatic N) is 1. The molecular formula is C31H36BNO7. The molecule has 0 amide bonds. The topological polar surface area (TPSA) is 94.5 Å². The number of aliphatic hydroxyl groups is 1. The lowest BCUT2D eigenvalue weighted by Crippen LogP contribution is -2.47. The van der Waals surface area contributed by atoms with E-state index >= 15 is 0 Å². The molecule has 40 heavy (non-hydrogen) atoms. The fourth-order valence-corrected chi connectivity index (χ4v) is 4.56. The number of ether oxygens (including phenoxy) is 2. The zero-order valence-electron chi connectivity index (χ0n) is 23.7. The molecule has 8 nitrogen and oxygen atoms in total. The molecule has 1 heterocycles. The average Bonchev–Trinajstić information content (AvgIpc) is 2.85. The summed E-state index contributed by atoms with van der Waals surface area (Å²) in [6.45, 7) is 8.54. The first-order chi connectivity index (χ1) is 19.0. The first-order valence-corrected chi connectivity index (χ1v) is 13.3. The van der Waals surface area contributed by atoms with E-state index in [2.05, 4.69) is 26.0 Å². The molecule has 0 radical (unpaired) electrons. The van der Waals surface area contributed by atoms with Crippen LogP contribution in [0, 0.1) is 13.8 Å². The van der Waals surface area contributed by atoms with Gasteiger partial charge in [0, 0.05) is 11.9 Å². The third-order valence-corrected chi connectivity index (χ3v) is 6.54. The van der Waals surface area contributed by atoms with E-state index < -0.39 is 24.7 Å². The van der Waals surface area contributed by atoms with Crippen LogP contribution in [0.1, 0.15) is 37.0 Å². The first-order valence-electron chi connectivity index (χ1n) is 13.3. The summed E-state index contributed by atoms with van der Waals surface area (Å²) in [6.07, 6.45) is 0.553. The molecule has 0 unspecified atom stereocenters. The molecule has 1 aliphatic heterocycles. The third-order valence-electron chi connectivity index (χ3n) is 6.54. The standard InChI is InChI=1S/C31H36BNO7/c1-21-15-27(37-14-13-31(3,4)36)16-22(2)30(21)24-8-6-7-23(17-24)20-38-26-11-9-25(10-12-26)32-39-28(34)18-33(5)19-29(35)40-32/h6-12,15-17,36H,13-14,18-20H2,1-5H3. The van der Waals surface area contributed by atoms with E-state index in [1.807, 2.05) is 24.3 Å². The Kier molecular flexibility index (Phi) is 9.17. The first kappa shape index (κ1) is 29.2. The summed E-state index contributed by atoms with van der Waals surface area (Å²) in [5.41, 5.74) is 5.26. The molecule has 0 spiro atoms. The minimum atomic E-state index is -1.08. The van der Waals surface area contributed by atoms with E-state index in [4.69, 9.17) is 18.8 Å². The predicted octanol–water partition coefficient (Wildman–Crippen LogP) is 3.82. The number of carbonyl (C=O) groups is 2. The van der Waals surface area contributed by atoms with Gasteiger partial charge in [-0.25, -0.2) is 0 Å². The van der Waals surface area contributed by atoms with Crippen molar-refractivity contribution in [1.82, 2.24) is 4.90 Å². The van der Waals surface area contributed by atoms with Gasteiger partial charge in [-0.1, -0.05) is 30.3 Å². The van der Waals surface area contributed by atoms with Crippen LogP contribution in [0.3, 0.4) is 0 Å². The molecule has 0 bridgehead atoms. The number of hydrogen-bond acceptors (Lipinski definition) is 8. The third kappa shape index (κ3) is 8.10. The average molecular weight is 545 g/mol. The number of aryl methyl sites for hydroxylation is 2. The molecule has 0 aromatic heterocycles. The van der Waals surface area contributed by atoms with Crippen LogP contribution in [-0.4, -0.2) is 61.4 Å². The highest BCUT2D eigenvalue weighted by atomic mass is 16.6. The van der Waals surface area contributed by atoms with Crippen LogP contribution < -0.4 is 14.9 Å². The van der Waals surface area contributed by atoms with Gasteiger partial charge in [-0.2, -0.15) is 0 Å². The minimum absolute atomic E-state index is 0.0198. The van der Waals surface area contributed by atoms with Crippen molar-refractivity contribution < 1.29 is 33.5 Å². The highest BCUT2D eigenvalue weighted by Gasteiger charge is 2.33. The van der Waals surface area contributed by atoms with Gasteiger partial charge in [0.1, 0.15) is 18.1 Å². The summed E-state index contributed by atoms with van der Waals surface area (Å²) in [6, 6.07) is 19.2. The summed E-state index contributed by atoms with van der Waals surface area (Å²) in [4.78, 5) is 25.6. The van der Waals surface area contributed by atoms with Crippen LogP contribution in [0.2, 0.25) is 0 Å². The van der Waals surface area contributed by atoms with Gasteiger partial charge in [-0.15, -0.1) is 0 Å². The largest absolute Gasteiger partial charge is 0.636 e. The Balaban J connectivity index is 1.40. The zero-order valence-corrected chi connectivity index (χ0v) is 23.7. The number of hydrogen-bond donors (Lipinski definition) is 1. The van der Waals surface area contributed by atoms with Gasteiger partial charge >= 0.3 is 19.1 Å². The summed E-state index contributed by atoms with van der Waals surface area (Å²) in [5.74, 6) is 0.511. The van der Waals surface area contributed by atoms with Gasteiger partial charge in [0.05, 0.1) is 25.3 Å². The van der Waals surface area contributed by atoms with E-state index in [-0.39, 0.29) is 13.1 Å². The molecule has 1 aliphatic rings. The Morgan fingerprint density at radius 1 is 0.900 bits per heavy atom. The van der Waals surface area contributed by atoms with E-state index in [1.54, 1.807) is 50.1 Å². The van der Waals surface area contributed by atoms with Gasteiger partial charge in [0.25, 0.3) is 0 Å². The predicted molar refractivity (Wildman–Crippen MR) is 154 cm³/mol. The van der Waals surface area contributed by atoms with Gasteiger partial charge in [-0.3, -0.25) is 14.5 Å². The van der Waals surface area contributed by atoms with Gasteiger partial charge in [0.2, 0.25) is 0 Å². The number of carbonyl (C=O) groups excluding carboxylic acids is 2. The summed E-state index contributed by atoms with van der Waals surface area (Å²) in [5, 5.41) is 9.92. The highest BCUT2D eigenvalue weighted by molar-refractivity contribution is 6.64. The normalized spacial score (nSPS) is 14.7. The van der Waals surface area contributed by atoms with Crippen molar-refractivity contribution >= 4 is 24.5 Å². The molecule has 210 valence electrons. The van der Waals surface area contributed by atoms with Gasteiger partial charge < -0.3 is 23.9 Å². The number of rotatable bonds is 9. The van der Waals surface area contributed by atoms with E-state index in [1.165, 1.54) is 0 Å². The Bertz CT molecular complexity index is 1310. The second-order valence-electron chi connectivity index (χ2n) is 10.9. The fourth-order valence-electron chi connectivity index (χ4n) is 4.56. The molecule has 0 saturated carbocycles. The molecule has 0 atom stereocenters. The lowest BCUT2D eigenvalue weighted by atomic mass is 9.78. The molecule has 0 aliphatic carbocycles. The van der Waals surface area contributed by atoms with E-state index in [9.17, 15) is 14.7 Å². The smallest absolute Gasteiger partial charge is 0.494 e. The maximum atomic E-state index is 12.0. The highest BCUT2D eigenvalue weighted by Crippen LogP contribution is 2.32. The van der Waals surface area contributed by atoms with Crippen LogP contribution in [0.4, 0.5) is 0 Å². The molecule has 4 rings (SSSR count). The van der Waals surface area contributed by atoms with Crippen LogP contribution >= 0.6 is 0 Å². The van der Waals surface area contributed by atoms with Gasteiger partial charge in [-0.05, 0) is 92.9 Å².